The van der Waals surface area contributed by atoms with Crippen molar-refractivity contribution in [3.05, 3.63) is 42.7 Å². The Labute approximate surface area is 106 Å². The van der Waals surface area contributed by atoms with Crippen LogP contribution < -0.4 is 4.74 Å². The maximum Gasteiger partial charge on any atom is 0.165 e. The van der Waals surface area contributed by atoms with E-state index < -0.39 is 0 Å². The van der Waals surface area contributed by atoms with E-state index in [-0.39, 0.29) is 0 Å². The van der Waals surface area contributed by atoms with Crippen LogP contribution in [0.15, 0.2) is 47.9 Å². The van der Waals surface area contributed by atoms with Gasteiger partial charge in [0, 0.05) is 18.1 Å². The third-order valence-corrected chi connectivity index (χ3v) is 3.25. The zero-order chi connectivity index (χ0) is 11.8. The minimum absolute atomic E-state index is 0.780. The van der Waals surface area contributed by atoms with E-state index in [0.717, 1.165) is 36.1 Å². The predicted octanol–water partition coefficient (Wildman–Crippen LogP) is 3.36. The normalized spacial score (nSPS) is 10.4. The third kappa shape index (κ3) is 4.53. The molecule has 1 N–H and O–H groups in total. The monoisotopic (exact) mass is 248 g/mol. The molecule has 0 amide bonds. The molecule has 0 unspecified atom stereocenters. The maximum absolute atomic E-state index is 5.61. The fourth-order valence-electron chi connectivity index (χ4n) is 1.41. The second-order valence-corrected chi connectivity index (χ2v) is 4.70. The highest BCUT2D eigenvalue weighted by Gasteiger charge is 1.96. The number of hydrogen-bond acceptors (Lipinski definition) is 3. The molecule has 3 nitrogen and oxygen atoms in total. The molecule has 0 saturated carbocycles. The van der Waals surface area contributed by atoms with E-state index in [9.17, 15) is 0 Å². The molecule has 1 aromatic carbocycles. The van der Waals surface area contributed by atoms with Gasteiger partial charge < -0.3 is 9.72 Å². The molecule has 0 atom stereocenters. The number of hydrogen-bond donors (Lipinski definition) is 1. The van der Waals surface area contributed by atoms with Gasteiger partial charge >= 0.3 is 0 Å². The quantitative estimate of drug-likeness (QED) is 0.603. The number of nitrogens with zero attached hydrogens (tertiary/aromatic N) is 1. The van der Waals surface area contributed by atoms with Gasteiger partial charge in [-0.05, 0) is 25.0 Å². The van der Waals surface area contributed by atoms with E-state index in [0.29, 0.717) is 0 Å². The lowest BCUT2D eigenvalue weighted by molar-refractivity contribution is 0.310. The van der Waals surface area contributed by atoms with Crippen molar-refractivity contribution in [2.45, 2.75) is 18.0 Å². The van der Waals surface area contributed by atoms with Gasteiger partial charge in [-0.1, -0.05) is 30.0 Å². The first-order valence-electron chi connectivity index (χ1n) is 5.75. The minimum Gasteiger partial charge on any atom is -0.494 e. The Hall–Kier alpha value is -1.42. The standard InChI is InChI=1S/C13H16N2OS/c1-2-6-12(7-3-1)16-10-4-5-11-17-13-14-8-9-15-13/h1-3,6-9H,4-5,10-11H2,(H,14,15). The first-order chi connectivity index (χ1) is 8.45. The van der Waals surface area contributed by atoms with Gasteiger partial charge in [0.05, 0.1) is 6.61 Å². The molecule has 0 aliphatic carbocycles. The summed E-state index contributed by atoms with van der Waals surface area (Å²) >= 11 is 1.75. The second-order valence-electron chi connectivity index (χ2n) is 3.61. The molecule has 90 valence electrons. The van der Waals surface area contributed by atoms with Gasteiger partial charge in [-0.15, -0.1) is 0 Å². The number of ether oxygens (including phenoxy) is 1. The highest BCUT2D eigenvalue weighted by Crippen LogP contribution is 2.14. The number of aromatic nitrogens is 2. The fourth-order valence-corrected chi connectivity index (χ4v) is 2.24. The van der Waals surface area contributed by atoms with Gasteiger partial charge in [-0.25, -0.2) is 4.98 Å². The molecule has 0 saturated heterocycles. The lowest BCUT2D eigenvalue weighted by Crippen LogP contribution is -1.97. The number of aromatic amines is 1. The maximum atomic E-state index is 5.61. The van der Waals surface area contributed by atoms with Crippen LogP contribution in [0.1, 0.15) is 12.8 Å². The summed E-state index contributed by atoms with van der Waals surface area (Å²) in [5.74, 6) is 2.03. The summed E-state index contributed by atoms with van der Waals surface area (Å²) < 4.78 is 5.61. The van der Waals surface area contributed by atoms with E-state index in [1.54, 1.807) is 18.0 Å². The molecule has 0 aliphatic rings. The Bertz CT molecular complexity index is 403. The molecular weight excluding hydrogens is 232 g/mol. The van der Waals surface area contributed by atoms with Crippen LogP contribution in [0.2, 0.25) is 0 Å². The van der Waals surface area contributed by atoms with Crippen LogP contribution in [0.4, 0.5) is 0 Å². The number of thioether (sulfide) groups is 1. The smallest absolute Gasteiger partial charge is 0.165 e. The number of para-hydroxylation sites is 1. The Morgan fingerprint density at radius 3 is 2.82 bits per heavy atom. The minimum atomic E-state index is 0.780. The number of imidazole rings is 1. The molecule has 0 radical (unpaired) electrons. The highest BCUT2D eigenvalue weighted by molar-refractivity contribution is 7.99. The lowest BCUT2D eigenvalue weighted by Gasteiger charge is -2.04. The molecule has 4 heteroatoms. The largest absolute Gasteiger partial charge is 0.494 e. The second kappa shape index (κ2) is 7.01. The molecule has 0 aliphatic heterocycles. The number of rotatable bonds is 7. The summed E-state index contributed by atoms with van der Waals surface area (Å²) in [6, 6.07) is 9.94. The topological polar surface area (TPSA) is 37.9 Å². The first-order valence-corrected chi connectivity index (χ1v) is 6.74. The number of benzene rings is 1. The van der Waals surface area contributed by atoms with Crippen molar-refractivity contribution in [3.8, 4) is 5.75 Å². The fraction of sp³-hybridized carbons (Fsp3) is 0.308. The number of H-pyrrole nitrogens is 1. The van der Waals surface area contributed by atoms with Crippen molar-refractivity contribution < 1.29 is 4.74 Å². The zero-order valence-corrected chi connectivity index (χ0v) is 10.5. The van der Waals surface area contributed by atoms with E-state index in [4.69, 9.17) is 4.74 Å². The van der Waals surface area contributed by atoms with Crippen molar-refractivity contribution in [1.29, 1.82) is 0 Å². The number of unbranched alkanes of at least 4 members (excludes halogenated alkanes) is 1. The Morgan fingerprint density at radius 2 is 2.06 bits per heavy atom. The van der Waals surface area contributed by atoms with Crippen LogP contribution in [0.25, 0.3) is 0 Å². The van der Waals surface area contributed by atoms with Crippen molar-refractivity contribution in [2.75, 3.05) is 12.4 Å². The summed E-state index contributed by atoms with van der Waals surface area (Å²) in [5, 5.41) is 0.994. The molecule has 2 aromatic rings. The zero-order valence-electron chi connectivity index (χ0n) is 9.63. The van der Waals surface area contributed by atoms with Crippen LogP contribution in [0.3, 0.4) is 0 Å². The molecule has 1 aromatic heterocycles. The summed E-state index contributed by atoms with van der Waals surface area (Å²) in [6.45, 7) is 0.780. The molecule has 17 heavy (non-hydrogen) atoms. The first kappa shape index (κ1) is 12.0. The molecular formula is C13H16N2OS. The summed E-state index contributed by atoms with van der Waals surface area (Å²) in [6.07, 6.45) is 5.84. The van der Waals surface area contributed by atoms with Crippen molar-refractivity contribution in [1.82, 2.24) is 9.97 Å². The van der Waals surface area contributed by atoms with E-state index >= 15 is 0 Å². The van der Waals surface area contributed by atoms with E-state index in [1.165, 1.54) is 0 Å². The predicted molar refractivity (Wildman–Crippen MR) is 70.5 cm³/mol. The molecule has 1 heterocycles. The Balaban J connectivity index is 1.52. The van der Waals surface area contributed by atoms with Crippen LogP contribution in [0.5, 0.6) is 5.75 Å². The van der Waals surface area contributed by atoms with Crippen molar-refractivity contribution in [2.24, 2.45) is 0 Å². The van der Waals surface area contributed by atoms with Crippen molar-refractivity contribution in [3.63, 3.8) is 0 Å². The SMILES string of the molecule is c1ccc(OCCCCSc2ncc[nH]2)cc1. The van der Waals surface area contributed by atoms with Crippen LogP contribution in [-0.2, 0) is 0 Å². The molecule has 0 fully saturated rings. The van der Waals surface area contributed by atoms with Crippen molar-refractivity contribution >= 4 is 11.8 Å². The van der Waals surface area contributed by atoms with E-state index in [2.05, 4.69) is 9.97 Å². The lowest BCUT2D eigenvalue weighted by atomic mass is 10.3. The summed E-state index contributed by atoms with van der Waals surface area (Å²) in [7, 11) is 0. The average Bonchev–Trinajstić information content (AvgIpc) is 2.88. The summed E-state index contributed by atoms with van der Waals surface area (Å²) in [4.78, 5) is 7.23. The van der Waals surface area contributed by atoms with Gasteiger partial charge in [0.25, 0.3) is 0 Å². The van der Waals surface area contributed by atoms with Gasteiger partial charge in [0.2, 0.25) is 0 Å². The van der Waals surface area contributed by atoms with Gasteiger partial charge in [-0.3, -0.25) is 0 Å². The highest BCUT2D eigenvalue weighted by atomic mass is 32.2. The average molecular weight is 248 g/mol. The van der Waals surface area contributed by atoms with Crippen LogP contribution in [-0.4, -0.2) is 22.3 Å². The van der Waals surface area contributed by atoms with Crippen LogP contribution >= 0.6 is 11.8 Å². The van der Waals surface area contributed by atoms with Gasteiger partial charge in [-0.2, -0.15) is 0 Å². The Morgan fingerprint density at radius 1 is 1.18 bits per heavy atom. The molecule has 0 spiro atoms. The Kier molecular flexibility index (Phi) is 4.97. The number of nitrogens with one attached hydrogen (secondary N) is 1. The van der Waals surface area contributed by atoms with Crippen LogP contribution in [0, 0.1) is 0 Å². The summed E-state index contributed by atoms with van der Waals surface area (Å²) in [5.41, 5.74) is 0. The molecule has 2 rings (SSSR count). The van der Waals surface area contributed by atoms with E-state index in [1.807, 2.05) is 36.5 Å². The third-order valence-electron chi connectivity index (χ3n) is 2.26. The van der Waals surface area contributed by atoms with Gasteiger partial charge in [0.15, 0.2) is 5.16 Å². The van der Waals surface area contributed by atoms with Gasteiger partial charge in [0.1, 0.15) is 5.75 Å². The molecule has 0 bridgehead atoms.